The van der Waals surface area contributed by atoms with Gasteiger partial charge in [-0.15, -0.1) is 0 Å². The molecule has 0 heterocycles. The summed E-state index contributed by atoms with van der Waals surface area (Å²) in [4.78, 5) is 0. The molecule has 2 unspecified atom stereocenters. The fourth-order valence-corrected chi connectivity index (χ4v) is 6.58. The van der Waals surface area contributed by atoms with E-state index in [1.165, 1.54) is 77.0 Å². The van der Waals surface area contributed by atoms with Crippen LogP contribution in [-0.2, 0) is 0 Å². The SMILES string of the molecule is CCCCC1CC(CC)C(NC(=S)NC23CCC(CC2)C3)C(CC)C1. The lowest BCUT2D eigenvalue weighted by Gasteiger charge is -2.43. The molecule has 3 saturated carbocycles. The number of rotatable bonds is 7. The van der Waals surface area contributed by atoms with Gasteiger partial charge < -0.3 is 10.6 Å². The van der Waals surface area contributed by atoms with Gasteiger partial charge >= 0.3 is 0 Å². The second kappa shape index (κ2) is 8.59. The highest BCUT2D eigenvalue weighted by atomic mass is 32.1. The summed E-state index contributed by atoms with van der Waals surface area (Å²) in [5, 5.41) is 8.56. The predicted molar refractivity (Wildman–Crippen MR) is 112 cm³/mol. The third kappa shape index (κ3) is 4.51. The van der Waals surface area contributed by atoms with Crippen molar-refractivity contribution in [2.75, 3.05) is 0 Å². The Labute approximate surface area is 161 Å². The highest BCUT2D eigenvalue weighted by Gasteiger charge is 2.45. The molecule has 25 heavy (non-hydrogen) atoms. The van der Waals surface area contributed by atoms with E-state index in [1.807, 2.05) is 0 Å². The molecule has 0 radical (unpaired) electrons. The van der Waals surface area contributed by atoms with Gasteiger partial charge in [-0.25, -0.2) is 0 Å². The van der Waals surface area contributed by atoms with E-state index in [9.17, 15) is 0 Å². The second-order valence-electron chi connectivity index (χ2n) is 9.37. The number of fused-ring (bicyclic) bond motifs is 2. The Morgan fingerprint density at radius 1 is 1.04 bits per heavy atom. The van der Waals surface area contributed by atoms with Crippen LogP contribution in [-0.4, -0.2) is 16.7 Å². The lowest BCUT2D eigenvalue weighted by atomic mass is 9.68. The minimum Gasteiger partial charge on any atom is -0.359 e. The summed E-state index contributed by atoms with van der Waals surface area (Å²) >= 11 is 5.81. The van der Waals surface area contributed by atoms with E-state index in [0.717, 1.165) is 28.8 Å². The lowest BCUT2D eigenvalue weighted by Crippen LogP contribution is -2.56. The number of unbranched alkanes of at least 4 members (excludes halogenated alkanes) is 1. The van der Waals surface area contributed by atoms with Crippen molar-refractivity contribution in [3.8, 4) is 0 Å². The van der Waals surface area contributed by atoms with E-state index in [2.05, 4.69) is 31.4 Å². The zero-order valence-electron chi connectivity index (χ0n) is 16.8. The molecule has 0 amide bonds. The Hall–Kier alpha value is -0.310. The fraction of sp³-hybridized carbons (Fsp3) is 0.955. The summed E-state index contributed by atoms with van der Waals surface area (Å²) in [7, 11) is 0. The fourth-order valence-electron chi connectivity index (χ4n) is 6.23. The zero-order chi connectivity index (χ0) is 17.9. The molecule has 3 aliphatic carbocycles. The minimum absolute atomic E-state index is 0.344. The third-order valence-corrected chi connectivity index (χ3v) is 7.94. The van der Waals surface area contributed by atoms with E-state index in [-0.39, 0.29) is 0 Å². The molecule has 3 aliphatic rings. The molecular formula is C22H40N2S. The van der Waals surface area contributed by atoms with Crippen LogP contribution in [0.5, 0.6) is 0 Å². The van der Waals surface area contributed by atoms with Gasteiger partial charge in [-0.3, -0.25) is 0 Å². The molecule has 3 fully saturated rings. The third-order valence-electron chi connectivity index (χ3n) is 7.72. The van der Waals surface area contributed by atoms with E-state index < -0.39 is 0 Å². The van der Waals surface area contributed by atoms with Crippen LogP contribution in [0.1, 0.15) is 97.8 Å². The number of thiocarbonyl (C=S) groups is 1. The van der Waals surface area contributed by atoms with E-state index in [0.29, 0.717) is 11.6 Å². The first-order chi connectivity index (χ1) is 12.1. The van der Waals surface area contributed by atoms with E-state index in [4.69, 9.17) is 12.2 Å². The first-order valence-electron chi connectivity index (χ1n) is 11.2. The summed E-state index contributed by atoms with van der Waals surface area (Å²) in [5.74, 6) is 3.49. The van der Waals surface area contributed by atoms with Crippen LogP contribution in [0.4, 0.5) is 0 Å². The van der Waals surface area contributed by atoms with Gasteiger partial charge in [0.15, 0.2) is 5.11 Å². The average molecular weight is 365 g/mol. The summed E-state index contributed by atoms with van der Waals surface area (Å²) in [5.41, 5.74) is 0.344. The Kier molecular flexibility index (Phi) is 6.68. The van der Waals surface area contributed by atoms with Crippen LogP contribution >= 0.6 is 12.2 Å². The van der Waals surface area contributed by atoms with Gasteiger partial charge in [-0.05, 0) is 80.8 Å². The zero-order valence-corrected chi connectivity index (χ0v) is 17.6. The van der Waals surface area contributed by atoms with E-state index in [1.54, 1.807) is 0 Å². The van der Waals surface area contributed by atoms with Gasteiger partial charge in [0.1, 0.15) is 0 Å². The molecule has 0 saturated heterocycles. The van der Waals surface area contributed by atoms with Crippen molar-refractivity contribution in [3.63, 3.8) is 0 Å². The quantitative estimate of drug-likeness (QED) is 0.558. The lowest BCUT2D eigenvalue weighted by molar-refractivity contribution is 0.132. The highest BCUT2D eigenvalue weighted by Crippen LogP contribution is 2.47. The average Bonchev–Trinajstić information content (AvgIpc) is 3.20. The minimum atomic E-state index is 0.344. The van der Waals surface area contributed by atoms with Crippen LogP contribution in [0.25, 0.3) is 0 Å². The van der Waals surface area contributed by atoms with Crippen molar-refractivity contribution in [2.45, 2.75) is 109 Å². The molecule has 0 aromatic carbocycles. The van der Waals surface area contributed by atoms with Crippen LogP contribution in [0.2, 0.25) is 0 Å². The maximum Gasteiger partial charge on any atom is 0.166 e. The molecule has 2 nitrogen and oxygen atoms in total. The van der Waals surface area contributed by atoms with Crippen LogP contribution in [0, 0.1) is 23.7 Å². The van der Waals surface area contributed by atoms with Gasteiger partial charge in [0.05, 0.1) is 0 Å². The van der Waals surface area contributed by atoms with Crippen molar-refractivity contribution < 1.29 is 0 Å². The van der Waals surface area contributed by atoms with Crippen molar-refractivity contribution in [2.24, 2.45) is 23.7 Å². The number of nitrogens with one attached hydrogen (secondary N) is 2. The van der Waals surface area contributed by atoms with Gasteiger partial charge in [0.2, 0.25) is 0 Å². The summed E-state index contributed by atoms with van der Waals surface area (Å²) in [6, 6.07) is 0.586. The van der Waals surface area contributed by atoms with Gasteiger partial charge in [0, 0.05) is 11.6 Å². The standard InChI is InChI=1S/C22H40N2S/c1-4-7-8-17-13-18(5-2)20(19(6-3)14-17)23-21(25)24-22-11-9-16(15-22)10-12-22/h16-20H,4-15H2,1-3H3,(H2,23,24,25). The largest absolute Gasteiger partial charge is 0.359 e. The summed E-state index contributed by atoms with van der Waals surface area (Å²) in [6.07, 6.45) is 16.4. The van der Waals surface area contributed by atoms with Crippen molar-refractivity contribution in [1.29, 1.82) is 0 Å². The van der Waals surface area contributed by atoms with Gasteiger partial charge in [-0.1, -0.05) is 52.9 Å². The molecule has 3 rings (SSSR count). The van der Waals surface area contributed by atoms with Crippen molar-refractivity contribution in [3.05, 3.63) is 0 Å². The number of hydrogen-bond donors (Lipinski definition) is 2. The van der Waals surface area contributed by atoms with Crippen LogP contribution in [0.3, 0.4) is 0 Å². The number of hydrogen-bond acceptors (Lipinski definition) is 1. The van der Waals surface area contributed by atoms with Crippen molar-refractivity contribution >= 4 is 17.3 Å². The first-order valence-corrected chi connectivity index (χ1v) is 11.6. The molecule has 2 N–H and O–H groups in total. The molecule has 0 spiro atoms. The molecule has 0 aromatic heterocycles. The topological polar surface area (TPSA) is 24.1 Å². The highest BCUT2D eigenvalue weighted by molar-refractivity contribution is 7.80. The molecule has 0 aromatic rings. The Bertz CT molecular complexity index is 427. The molecule has 2 bridgehead atoms. The molecule has 3 heteroatoms. The molecule has 2 atom stereocenters. The van der Waals surface area contributed by atoms with Gasteiger partial charge in [-0.2, -0.15) is 0 Å². The summed E-state index contributed by atoms with van der Waals surface area (Å²) in [6.45, 7) is 7.08. The Morgan fingerprint density at radius 3 is 2.16 bits per heavy atom. The Balaban J connectivity index is 1.58. The maximum atomic E-state index is 5.81. The monoisotopic (exact) mass is 364 g/mol. The molecular weight excluding hydrogens is 324 g/mol. The Morgan fingerprint density at radius 2 is 1.68 bits per heavy atom. The summed E-state index contributed by atoms with van der Waals surface area (Å²) < 4.78 is 0. The van der Waals surface area contributed by atoms with Gasteiger partial charge in [0.25, 0.3) is 0 Å². The van der Waals surface area contributed by atoms with Crippen molar-refractivity contribution in [1.82, 2.24) is 10.6 Å². The smallest absolute Gasteiger partial charge is 0.166 e. The predicted octanol–water partition coefficient (Wildman–Crippen LogP) is 5.80. The van der Waals surface area contributed by atoms with Crippen LogP contribution < -0.4 is 10.6 Å². The van der Waals surface area contributed by atoms with E-state index >= 15 is 0 Å². The second-order valence-corrected chi connectivity index (χ2v) is 9.78. The normalized spacial score (nSPS) is 40.2. The van der Waals surface area contributed by atoms with Crippen LogP contribution in [0.15, 0.2) is 0 Å². The maximum absolute atomic E-state index is 5.81. The molecule has 144 valence electrons. The molecule has 0 aliphatic heterocycles. The first kappa shape index (κ1) is 19.5.